The van der Waals surface area contributed by atoms with Gasteiger partial charge in [0, 0.05) is 6.07 Å². The van der Waals surface area contributed by atoms with Crippen LogP contribution in [0.1, 0.15) is 17.4 Å². The zero-order valence-corrected chi connectivity index (χ0v) is 16.6. The largest absolute Gasteiger partial charge is 0.618 e. The van der Waals surface area contributed by atoms with Crippen molar-refractivity contribution >= 4 is 16.7 Å². The summed E-state index contributed by atoms with van der Waals surface area (Å²) in [6.45, 7) is 0.0656. The lowest BCUT2D eigenvalue weighted by Gasteiger charge is -2.22. The first-order chi connectivity index (χ1) is 15.1. The highest BCUT2D eigenvalue weighted by atomic mass is 16.6. The van der Waals surface area contributed by atoms with Gasteiger partial charge in [0.05, 0.1) is 12.0 Å². The molecule has 0 radical (unpaired) electrons. The number of carbonyl (C=O) groups is 1. The van der Waals surface area contributed by atoms with Gasteiger partial charge in [-0.1, -0.05) is 66.7 Å². The van der Waals surface area contributed by atoms with E-state index in [1.807, 2.05) is 42.5 Å². The van der Waals surface area contributed by atoms with E-state index in [1.165, 1.54) is 6.20 Å². The lowest BCUT2D eigenvalue weighted by Crippen LogP contribution is -2.41. The van der Waals surface area contributed by atoms with Crippen LogP contribution in [0.25, 0.3) is 10.8 Å². The highest BCUT2D eigenvalue weighted by molar-refractivity contribution is 5.85. The summed E-state index contributed by atoms with van der Waals surface area (Å²) >= 11 is 0. The van der Waals surface area contributed by atoms with Crippen LogP contribution in [0.2, 0.25) is 0 Å². The first-order valence-corrected chi connectivity index (χ1v) is 9.84. The van der Waals surface area contributed by atoms with Crippen molar-refractivity contribution in [3.05, 3.63) is 114 Å². The number of hydrogen-bond donors (Lipinski definition) is 1. The Labute approximate surface area is 179 Å². The van der Waals surface area contributed by atoms with Crippen molar-refractivity contribution in [3.8, 4) is 5.75 Å². The van der Waals surface area contributed by atoms with E-state index in [0.29, 0.717) is 15.9 Å². The van der Waals surface area contributed by atoms with Gasteiger partial charge in [0.1, 0.15) is 5.75 Å². The summed E-state index contributed by atoms with van der Waals surface area (Å²) in [4.78, 5) is 13.0. The zero-order valence-electron chi connectivity index (χ0n) is 16.6. The van der Waals surface area contributed by atoms with Crippen molar-refractivity contribution in [2.24, 2.45) is 0 Å². The maximum absolute atomic E-state index is 13.0. The number of pyridine rings is 1. The van der Waals surface area contributed by atoms with Crippen LogP contribution < -0.4 is 9.47 Å². The molecule has 0 aliphatic carbocycles. The van der Waals surface area contributed by atoms with Gasteiger partial charge in [-0.3, -0.25) is 0 Å². The van der Waals surface area contributed by atoms with Crippen molar-refractivity contribution in [1.82, 2.24) is 0 Å². The van der Waals surface area contributed by atoms with Gasteiger partial charge in [0.2, 0.25) is 5.69 Å². The van der Waals surface area contributed by atoms with Crippen molar-refractivity contribution in [3.63, 3.8) is 0 Å². The first-order valence-electron chi connectivity index (χ1n) is 9.84. The number of nitrogens with zero attached hydrogens (tertiary/aromatic N) is 1. The fourth-order valence-electron chi connectivity index (χ4n) is 3.37. The molecule has 31 heavy (non-hydrogen) atoms. The molecule has 0 aliphatic heterocycles. The third-order valence-corrected chi connectivity index (χ3v) is 4.90. The molecule has 2 atom stereocenters. The van der Waals surface area contributed by atoms with Gasteiger partial charge in [-0.2, -0.15) is 4.73 Å². The Morgan fingerprint density at radius 3 is 2.29 bits per heavy atom. The molecule has 1 aromatic heterocycles. The molecule has 1 heterocycles. The molecule has 0 amide bonds. The normalized spacial score (nSPS) is 12.9. The highest BCUT2D eigenvalue weighted by Gasteiger charge is 2.37. The average molecular weight is 415 g/mol. The number of aliphatic hydroxyl groups excluding tert-OH is 1. The van der Waals surface area contributed by atoms with Crippen LogP contribution in [-0.2, 0) is 16.1 Å². The number of carbonyl (C=O) groups excluding carboxylic acids is 1. The number of rotatable bonds is 7. The monoisotopic (exact) mass is 415 g/mol. The molecule has 3 aromatic carbocycles. The molecule has 4 rings (SSSR count). The van der Waals surface area contributed by atoms with Gasteiger partial charge >= 0.3 is 5.97 Å². The first kappa shape index (κ1) is 20.5. The average Bonchev–Trinajstić information content (AvgIpc) is 2.80. The summed E-state index contributed by atoms with van der Waals surface area (Å²) in [6, 6.07) is 26.6. The number of ether oxygens (including phenoxy) is 2. The minimum Gasteiger partial charge on any atom is -0.618 e. The van der Waals surface area contributed by atoms with E-state index < -0.39 is 18.2 Å². The van der Waals surface area contributed by atoms with Crippen LogP contribution in [0.3, 0.4) is 0 Å². The van der Waals surface area contributed by atoms with Crippen molar-refractivity contribution in [2.75, 3.05) is 0 Å². The maximum Gasteiger partial charge on any atom is 0.344 e. The van der Waals surface area contributed by atoms with E-state index in [1.54, 1.807) is 48.5 Å². The van der Waals surface area contributed by atoms with Gasteiger partial charge in [-0.25, -0.2) is 4.79 Å². The van der Waals surface area contributed by atoms with E-state index in [-0.39, 0.29) is 12.3 Å². The standard InChI is InChI=1S/C25H21NO5/c27-23(22-21-14-8-7-11-19(21)15-16-26(22)29)24(30-17-18-9-3-1-4-10-18)25(28)31-20-12-5-2-6-13-20/h1-16,23-24,27H,17H2/t23-,24-/m1/s1. The van der Waals surface area contributed by atoms with Crippen molar-refractivity contribution in [2.45, 2.75) is 18.8 Å². The summed E-state index contributed by atoms with van der Waals surface area (Å²) in [5, 5.41) is 25.0. The topological polar surface area (TPSA) is 82.7 Å². The fraction of sp³-hybridized carbons (Fsp3) is 0.120. The number of benzene rings is 3. The Bertz CT molecular complexity index is 1160. The van der Waals surface area contributed by atoms with Crippen LogP contribution in [0.15, 0.2) is 97.2 Å². The molecular formula is C25H21NO5. The second kappa shape index (κ2) is 9.38. The Kier molecular flexibility index (Phi) is 6.21. The summed E-state index contributed by atoms with van der Waals surface area (Å²) in [6.07, 6.45) is -1.65. The molecule has 0 spiro atoms. The molecule has 0 saturated carbocycles. The highest BCUT2D eigenvalue weighted by Crippen LogP contribution is 2.26. The van der Waals surface area contributed by atoms with E-state index in [9.17, 15) is 15.1 Å². The molecular weight excluding hydrogens is 394 g/mol. The molecule has 0 aliphatic rings. The van der Waals surface area contributed by atoms with Gasteiger partial charge in [-0.15, -0.1) is 0 Å². The van der Waals surface area contributed by atoms with E-state index in [4.69, 9.17) is 9.47 Å². The molecule has 6 heteroatoms. The molecule has 0 bridgehead atoms. The van der Waals surface area contributed by atoms with Crippen LogP contribution >= 0.6 is 0 Å². The minimum atomic E-state index is -1.54. The molecule has 6 nitrogen and oxygen atoms in total. The van der Waals surface area contributed by atoms with Crippen molar-refractivity contribution < 1.29 is 24.1 Å². The SMILES string of the molecule is O=C(Oc1ccccc1)[C@H](OCc1ccccc1)[C@H](O)c1c2ccccc2cc[n+]1[O-]. The van der Waals surface area contributed by atoms with Crippen LogP contribution in [0.4, 0.5) is 0 Å². The molecule has 1 N–H and O–H groups in total. The molecule has 4 aromatic rings. The Hall–Kier alpha value is -3.74. The minimum absolute atomic E-state index is 0.0289. The predicted octanol–water partition coefficient (Wildman–Crippen LogP) is 3.70. The van der Waals surface area contributed by atoms with Crippen LogP contribution in [-0.4, -0.2) is 17.2 Å². The Morgan fingerprint density at radius 2 is 1.55 bits per heavy atom. The van der Waals surface area contributed by atoms with Gasteiger partial charge in [0.25, 0.3) is 0 Å². The maximum atomic E-state index is 13.0. The number of para-hydroxylation sites is 1. The molecule has 0 fully saturated rings. The second-order valence-corrected chi connectivity index (χ2v) is 7.01. The van der Waals surface area contributed by atoms with E-state index in [0.717, 1.165) is 10.9 Å². The molecule has 0 unspecified atom stereocenters. The lowest BCUT2D eigenvalue weighted by molar-refractivity contribution is -0.617. The van der Waals surface area contributed by atoms with Gasteiger partial charge < -0.3 is 19.8 Å². The second-order valence-electron chi connectivity index (χ2n) is 7.01. The third-order valence-electron chi connectivity index (χ3n) is 4.90. The summed E-state index contributed by atoms with van der Waals surface area (Å²) in [5.74, 6) is -0.469. The zero-order chi connectivity index (χ0) is 21.6. The Morgan fingerprint density at radius 1 is 0.903 bits per heavy atom. The number of esters is 1. The number of fused-ring (bicyclic) bond motifs is 1. The lowest BCUT2D eigenvalue weighted by atomic mass is 10.0. The van der Waals surface area contributed by atoms with Crippen molar-refractivity contribution in [1.29, 1.82) is 0 Å². The van der Waals surface area contributed by atoms with Crippen LogP contribution in [0.5, 0.6) is 5.75 Å². The summed E-state index contributed by atoms with van der Waals surface area (Å²) in [7, 11) is 0. The smallest absolute Gasteiger partial charge is 0.344 e. The van der Waals surface area contributed by atoms with Gasteiger partial charge in [0.15, 0.2) is 18.4 Å². The Balaban J connectivity index is 1.67. The fourth-order valence-corrected chi connectivity index (χ4v) is 3.37. The van der Waals surface area contributed by atoms with E-state index in [2.05, 4.69) is 0 Å². The van der Waals surface area contributed by atoms with E-state index >= 15 is 0 Å². The van der Waals surface area contributed by atoms with Gasteiger partial charge in [-0.05, 0) is 29.1 Å². The molecule has 156 valence electrons. The predicted molar refractivity (Wildman–Crippen MR) is 115 cm³/mol. The number of aliphatic hydroxyl groups is 1. The summed E-state index contributed by atoms with van der Waals surface area (Å²) in [5.41, 5.74) is 0.848. The van der Waals surface area contributed by atoms with Crippen LogP contribution in [0, 0.1) is 5.21 Å². The number of hydrogen-bond acceptors (Lipinski definition) is 5. The molecule has 0 saturated heterocycles. The third kappa shape index (κ3) is 4.71. The number of aromatic nitrogens is 1. The quantitative estimate of drug-likeness (QED) is 0.215. The summed E-state index contributed by atoms with van der Waals surface area (Å²) < 4.78 is 11.8.